The van der Waals surface area contributed by atoms with Crippen molar-refractivity contribution in [1.82, 2.24) is 5.32 Å². The van der Waals surface area contributed by atoms with Crippen molar-refractivity contribution in [3.8, 4) is 0 Å². The van der Waals surface area contributed by atoms with Crippen LogP contribution in [-0.4, -0.2) is 22.8 Å². The fourth-order valence-electron chi connectivity index (χ4n) is 2.65. The maximum Gasteiger partial charge on any atom is 0.335 e. The number of benzene rings is 2. The molecule has 0 unspecified atom stereocenters. The number of nitro groups is 1. The van der Waals surface area contributed by atoms with E-state index in [2.05, 4.69) is 5.32 Å². The van der Waals surface area contributed by atoms with Gasteiger partial charge in [-0.2, -0.15) is 0 Å². The second-order valence-electron chi connectivity index (χ2n) is 5.99. The van der Waals surface area contributed by atoms with E-state index in [4.69, 9.17) is 0 Å². The van der Waals surface area contributed by atoms with Gasteiger partial charge >= 0.3 is 6.03 Å². The summed E-state index contributed by atoms with van der Waals surface area (Å²) in [7, 11) is 0. The minimum atomic E-state index is -0.835. The van der Waals surface area contributed by atoms with E-state index in [-0.39, 0.29) is 11.3 Å². The quantitative estimate of drug-likeness (QED) is 0.381. The average Bonchev–Trinajstić information content (AvgIpc) is 2.66. The number of hydrogen-bond acceptors (Lipinski definition) is 5. The smallest absolute Gasteiger partial charge is 0.273 e. The highest BCUT2D eigenvalue weighted by atomic mass is 16.6. The monoisotopic (exact) mass is 377 g/mol. The average molecular weight is 377 g/mol. The van der Waals surface area contributed by atoms with Gasteiger partial charge in [-0.15, -0.1) is 0 Å². The molecule has 1 aliphatic rings. The van der Waals surface area contributed by atoms with Crippen molar-refractivity contribution >= 4 is 35.3 Å². The first-order valence-corrected chi connectivity index (χ1v) is 8.26. The number of urea groups is 1. The van der Waals surface area contributed by atoms with E-state index in [0.717, 1.165) is 10.5 Å². The van der Waals surface area contributed by atoms with Crippen LogP contribution in [0.5, 0.6) is 0 Å². The van der Waals surface area contributed by atoms with Gasteiger partial charge in [0.1, 0.15) is 5.57 Å². The molecule has 4 amide bonds. The minimum Gasteiger partial charge on any atom is -0.273 e. The first-order valence-electron chi connectivity index (χ1n) is 8.26. The van der Waals surface area contributed by atoms with Crippen LogP contribution in [0.25, 0.3) is 6.08 Å². The Kier molecular flexibility index (Phi) is 5.12. The van der Waals surface area contributed by atoms with Crippen LogP contribution < -0.4 is 10.2 Å². The lowest BCUT2D eigenvalue weighted by atomic mass is 10.1. The van der Waals surface area contributed by atoms with Crippen LogP contribution in [0, 0.1) is 17.0 Å². The van der Waals surface area contributed by atoms with Crippen molar-refractivity contribution in [2.75, 3.05) is 4.90 Å². The Balaban J connectivity index is 1.91. The van der Waals surface area contributed by atoms with Gasteiger partial charge in [0.25, 0.3) is 17.5 Å². The molecule has 0 atom stereocenters. The van der Waals surface area contributed by atoms with E-state index in [1.54, 1.807) is 30.3 Å². The molecule has 1 fully saturated rings. The number of nitrogens with one attached hydrogen (secondary N) is 1. The van der Waals surface area contributed by atoms with Gasteiger partial charge in [-0.25, -0.2) is 9.69 Å². The second-order valence-corrected chi connectivity index (χ2v) is 5.99. The molecule has 1 heterocycles. The number of carbonyl (C=O) groups is 3. The fraction of sp³-hybridized carbons (Fsp3) is 0.0500. The lowest BCUT2D eigenvalue weighted by molar-refractivity contribution is -0.385. The number of nitro benzene ring substituents is 1. The Morgan fingerprint density at radius 2 is 1.71 bits per heavy atom. The molecule has 28 heavy (non-hydrogen) atoms. The van der Waals surface area contributed by atoms with E-state index in [0.29, 0.717) is 11.3 Å². The Morgan fingerprint density at radius 3 is 2.39 bits per heavy atom. The minimum absolute atomic E-state index is 0.104. The van der Waals surface area contributed by atoms with Gasteiger partial charge in [0.05, 0.1) is 16.2 Å². The van der Waals surface area contributed by atoms with Crippen molar-refractivity contribution in [3.05, 3.63) is 87.5 Å². The molecule has 1 N–H and O–H groups in total. The number of para-hydroxylation sites is 1. The van der Waals surface area contributed by atoms with Crippen molar-refractivity contribution < 1.29 is 19.3 Å². The number of rotatable bonds is 4. The van der Waals surface area contributed by atoms with Crippen LogP contribution in [0.3, 0.4) is 0 Å². The van der Waals surface area contributed by atoms with Crippen LogP contribution >= 0.6 is 0 Å². The third-order valence-electron chi connectivity index (χ3n) is 4.07. The summed E-state index contributed by atoms with van der Waals surface area (Å²) in [5.74, 6) is -1.60. The maximum atomic E-state index is 12.7. The zero-order chi connectivity index (χ0) is 20.3. The molecule has 0 aliphatic carbocycles. The first kappa shape index (κ1) is 18.7. The summed E-state index contributed by atoms with van der Waals surface area (Å²) in [4.78, 5) is 48.3. The van der Waals surface area contributed by atoms with Gasteiger partial charge in [-0.05, 0) is 37.3 Å². The lowest BCUT2D eigenvalue weighted by Crippen LogP contribution is -2.54. The first-order chi connectivity index (χ1) is 13.4. The summed E-state index contributed by atoms with van der Waals surface area (Å²) in [6, 6.07) is 11.9. The number of carbonyl (C=O) groups excluding carboxylic acids is 3. The zero-order valence-electron chi connectivity index (χ0n) is 14.8. The summed E-state index contributed by atoms with van der Waals surface area (Å²) < 4.78 is 0. The van der Waals surface area contributed by atoms with Gasteiger partial charge in [0, 0.05) is 6.07 Å². The number of hydrogen-bond donors (Lipinski definition) is 1. The van der Waals surface area contributed by atoms with Crippen molar-refractivity contribution in [1.29, 1.82) is 0 Å². The number of amides is 4. The molecule has 0 spiro atoms. The third kappa shape index (κ3) is 3.70. The van der Waals surface area contributed by atoms with E-state index < -0.39 is 22.8 Å². The summed E-state index contributed by atoms with van der Waals surface area (Å²) >= 11 is 0. The summed E-state index contributed by atoms with van der Waals surface area (Å²) in [6.45, 7) is 1.87. The Labute approximate surface area is 159 Å². The number of barbiturate groups is 1. The number of aryl methyl sites for hydroxylation is 1. The zero-order valence-corrected chi connectivity index (χ0v) is 14.8. The van der Waals surface area contributed by atoms with Crippen molar-refractivity contribution in [2.24, 2.45) is 0 Å². The van der Waals surface area contributed by atoms with Crippen molar-refractivity contribution in [2.45, 2.75) is 6.92 Å². The summed E-state index contributed by atoms with van der Waals surface area (Å²) in [6.07, 6.45) is 4.00. The van der Waals surface area contributed by atoms with Crippen molar-refractivity contribution in [3.63, 3.8) is 0 Å². The highest BCUT2D eigenvalue weighted by Crippen LogP contribution is 2.22. The highest BCUT2D eigenvalue weighted by molar-refractivity contribution is 6.37. The van der Waals surface area contributed by atoms with E-state index in [1.807, 2.05) is 6.92 Å². The molecule has 1 saturated heterocycles. The van der Waals surface area contributed by atoms with E-state index in [9.17, 15) is 24.5 Å². The molecular formula is C20H15N3O5. The van der Waals surface area contributed by atoms with Gasteiger partial charge in [-0.3, -0.25) is 25.0 Å². The summed E-state index contributed by atoms with van der Waals surface area (Å²) in [5, 5.41) is 13.2. The Hall–Kier alpha value is -4.07. The van der Waals surface area contributed by atoms with Gasteiger partial charge < -0.3 is 0 Å². The molecule has 140 valence electrons. The Bertz CT molecular complexity index is 1040. The molecule has 0 radical (unpaired) electrons. The molecule has 0 bridgehead atoms. The molecule has 8 heteroatoms. The largest absolute Gasteiger partial charge is 0.335 e. The normalized spacial score (nSPS) is 16.0. The number of imide groups is 2. The van der Waals surface area contributed by atoms with Gasteiger partial charge in [0.15, 0.2) is 0 Å². The van der Waals surface area contributed by atoms with Crippen LogP contribution in [0.2, 0.25) is 0 Å². The van der Waals surface area contributed by atoms with Gasteiger partial charge in [-0.1, -0.05) is 35.9 Å². The fourth-order valence-corrected chi connectivity index (χ4v) is 2.65. The molecule has 2 aromatic carbocycles. The number of allylic oxidation sites excluding steroid dienone is 2. The number of nitrogens with zero attached hydrogens (tertiary/aromatic N) is 2. The molecule has 2 aromatic rings. The molecule has 3 rings (SSSR count). The van der Waals surface area contributed by atoms with Crippen LogP contribution in [0.4, 0.5) is 16.2 Å². The van der Waals surface area contributed by atoms with E-state index in [1.165, 1.54) is 36.4 Å². The Morgan fingerprint density at radius 1 is 1.04 bits per heavy atom. The molecule has 1 aliphatic heterocycles. The van der Waals surface area contributed by atoms with Gasteiger partial charge in [0.2, 0.25) is 0 Å². The SMILES string of the molecule is Cc1ccc(N2C(=O)NC(=O)/C(=C/C=C/c3ccccc3[N+](=O)[O-])C2=O)cc1. The standard InChI is InChI=1S/C20H15N3O5/c1-13-9-11-15(12-10-13)22-19(25)16(18(24)21-20(22)26)7-4-6-14-5-2-3-8-17(14)23(27)28/h2-12H,1H3,(H,21,24,26)/b6-4+,16-7-. The van der Waals surface area contributed by atoms with E-state index >= 15 is 0 Å². The molecular weight excluding hydrogens is 362 g/mol. The maximum absolute atomic E-state index is 12.7. The summed E-state index contributed by atoms with van der Waals surface area (Å²) in [5.41, 5.74) is 1.24. The predicted molar refractivity (Wildman–Crippen MR) is 102 cm³/mol. The number of anilines is 1. The molecule has 0 aromatic heterocycles. The van der Waals surface area contributed by atoms with Crippen LogP contribution in [-0.2, 0) is 9.59 Å². The third-order valence-corrected chi connectivity index (χ3v) is 4.07. The topological polar surface area (TPSA) is 110 Å². The highest BCUT2D eigenvalue weighted by Gasteiger charge is 2.36. The second kappa shape index (κ2) is 7.67. The van der Waals surface area contributed by atoms with Crippen LogP contribution in [0.15, 0.2) is 66.3 Å². The lowest BCUT2D eigenvalue weighted by Gasteiger charge is -2.26. The molecule has 0 saturated carbocycles. The predicted octanol–water partition coefficient (Wildman–Crippen LogP) is 3.13. The van der Waals surface area contributed by atoms with Crippen LogP contribution in [0.1, 0.15) is 11.1 Å². The molecule has 8 nitrogen and oxygen atoms in total.